The fourth-order valence-corrected chi connectivity index (χ4v) is 3.61. The van der Waals surface area contributed by atoms with Gasteiger partial charge in [-0.2, -0.15) is 5.10 Å². The molecule has 5 rings (SSSR count). The smallest absolute Gasteiger partial charge is 0.223 e. The van der Waals surface area contributed by atoms with Gasteiger partial charge in [-0.1, -0.05) is 0 Å². The van der Waals surface area contributed by atoms with Crippen molar-refractivity contribution in [2.24, 2.45) is 5.73 Å². The van der Waals surface area contributed by atoms with Crippen LogP contribution < -0.4 is 11.1 Å². The van der Waals surface area contributed by atoms with Gasteiger partial charge >= 0.3 is 0 Å². The number of hydrogen-bond donors (Lipinski definition) is 2. The zero-order chi connectivity index (χ0) is 16.8. The average molecular weight is 335 g/mol. The highest BCUT2D eigenvalue weighted by molar-refractivity contribution is 5.61. The first-order valence-corrected chi connectivity index (χ1v) is 8.96. The largest absolute Gasteiger partial charge is 0.351 e. The summed E-state index contributed by atoms with van der Waals surface area (Å²) in [6.45, 7) is 0. The van der Waals surface area contributed by atoms with Crippen molar-refractivity contribution in [3.63, 3.8) is 0 Å². The van der Waals surface area contributed by atoms with E-state index in [1.807, 2.05) is 29.0 Å². The minimum atomic E-state index is 0.285. The number of aromatic nitrogens is 5. The van der Waals surface area contributed by atoms with Crippen molar-refractivity contribution in [1.82, 2.24) is 24.6 Å². The second-order valence-corrected chi connectivity index (χ2v) is 7.14. The van der Waals surface area contributed by atoms with Crippen molar-refractivity contribution in [2.45, 2.75) is 50.1 Å². The third kappa shape index (κ3) is 2.84. The zero-order valence-electron chi connectivity index (χ0n) is 14.0. The Labute approximate surface area is 145 Å². The highest BCUT2D eigenvalue weighted by Crippen LogP contribution is 2.41. The summed E-state index contributed by atoms with van der Waals surface area (Å²) < 4.78 is 1.84. The molecule has 25 heavy (non-hydrogen) atoms. The van der Waals surface area contributed by atoms with Crippen molar-refractivity contribution in [2.75, 3.05) is 5.32 Å². The summed E-state index contributed by atoms with van der Waals surface area (Å²) in [4.78, 5) is 13.8. The lowest BCUT2D eigenvalue weighted by Gasteiger charge is -2.12. The minimum Gasteiger partial charge on any atom is -0.351 e. The molecule has 128 valence electrons. The Bertz CT molecular complexity index is 915. The number of anilines is 1. The van der Waals surface area contributed by atoms with Gasteiger partial charge < -0.3 is 11.1 Å². The zero-order valence-corrected chi connectivity index (χ0v) is 14.0. The molecule has 3 aromatic rings. The summed E-state index contributed by atoms with van der Waals surface area (Å²) in [7, 11) is 0. The Morgan fingerprint density at radius 3 is 2.76 bits per heavy atom. The summed E-state index contributed by atoms with van der Waals surface area (Å²) in [5.74, 6) is 1.27. The Morgan fingerprint density at radius 2 is 1.96 bits per heavy atom. The van der Waals surface area contributed by atoms with Crippen LogP contribution in [0.5, 0.6) is 0 Å². The van der Waals surface area contributed by atoms with Crippen molar-refractivity contribution in [3.05, 3.63) is 36.3 Å². The minimum absolute atomic E-state index is 0.285. The standard InChI is InChI=1S/C18H21N7/c19-12-3-4-13(9-12)22-18-20-7-5-15(24-18)16-6-8-25-17(23-16)14(10-21-25)11-1-2-11/h5-8,10-13H,1-4,9,19H2,(H,20,22,24)/t12-,13?/m0/s1. The first-order valence-electron chi connectivity index (χ1n) is 8.96. The average Bonchev–Trinajstić information content (AvgIpc) is 3.26. The van der Waals surface area contributed by atoms with E-state index in [9.17, 15) is 0 Å². The summed E-state index contributed by atoms with van der Waals surface area (Å²) >= 11 is 0. The number of nitrogens with zero attached hydrogens (tertiary/aromatic N) is 5. The van der Waals surface area contributed by atoms with Gasteiger partial charge in [-0.25, -0.2) is 19.5 Å². The molecule has 0 aromatic carbocycles. The van der Waals surface area contributed by atoms with Crippen molar-refractivity contribution in [1.29, 1.82) is 0 Å². The molecular weight excluding hydrogens is 314 g/mol. The fraction of sp³-hybridized carbons (Fsp3) is 0.444. The van der Waals surface area contributed by atoms with Crippen LogP contribution in [0.25, 0.3) is 17.0 Å². The van der Waals surface area contributed by atoms with Gasteiger partial charge in [-0.3, -0.25) is 0 Å². The van der Waals surface area contributed by atoms with Crippen LogP contribution in [0, 0.1) is 0 Å². The van der Waals surface area contributed by atoms with Crippen LogP contribution >= 0.6 is 0 Å². The van der Waals surface area contributed by atoms with E-state index in [0.717, 1.165) is 36.3 Å². The summed E-state index contributed by atoms with van der Waals surface area (Å²) in [5, 5.41) is 7.81. The molecule has 2 saturated carbocycles. The maximum absolute atomic E-state index is 5.99. The number of nitrogens with two attached hydrogens (primary N) is 1. The second kappa shape index (κ2) is 5.77. The molecule has 2 aliphatic carbocycles. The maximum atomic E-state index is 5.99. The Balaban J connectivity index is 1.45. The van der Waals surface area contributed by atoms with Crippen molar-refractivity contribution in [3.8, 4) is 11.4 Å². The lowest BCUT2D eigenvalue weighted by Crippen LogP contribution is -2.21. The van der Waals surface area contributed by atoms with E-state index in [2.05, 4.69) is 20.4 Å². The van der Waals surface area contributed by atoms with Crippen LogP contribution in [0.15, 0.2) is 30.7 Å². The Hall–Kier alpha value is -2.54. The van der Waals surface area contributed by atoms with Crippen LogP contribution in [0.4, 0.5) is 5.95 Å². The van der Waals surface area contributed by atoms with Crippen LogP contribution in [0.2, 0.25) is 0 Å². The van der Waals surface area contributed by atoms with Gasteiger partial charge in [0, 0.05) is 30.0 Å². The van der Waals surface area contributed by atoms with Gasteiger partial charge in [0.2, 0.25) is 5.95 Å². The van der Waals surface area contributed by atoms with E-state index >= 15 is 0 Å². The third-order valence-corrected chi connectivity index (χ3v) is 5.14. The van der Waals surface area contributed by atoms with E-state index in [1.165, 1.54) is 18.4 Å². The molecule has 7 heteroatoms. The SMILES string of the molecule is N[C@H]1CCC(Nc2nccc(-c3ccn4ncc(C5CC5)c4n3)n2)C1. The van der Waals surface area contributed by atoms with Gasteiger partial charge in [0.15, 0.2) is 5.65 Å². The van der Waals surface area contributed by atoms with Crippen LogP contribution in [0.3, 0.4) is 0 Å². The molecule has 7 nitrogen and oxygen atoms in total. The summed E-state index contributed by atoms with van der Waals surface area (Å²) in [6, 6.07) is 4.50. The molecule has 1 unspecified atom stereocenters. The number of nitrogens with one attached hydrogen (secondary N) is 1. The van der Waals surface area contributed by atoms with Gasteiger partial charge in [-0.15, -0.1) is 0 Å². The second-order valence-electron chi connectivity index (χ2n) is 7.14. The molecule has 2 aliphatic rings. The van der Waals surface area contributed by atoms with Crippen LogP contribution in [-0.4, -0.2) is 36.6 Å². The summed E-state index contributed by atoms with van der Waals surface area (Å²) in [5.41, 5.74) is 9.85. The van der Waals surface area contributed by atoms with E-state index in [-0.39, 0.29) is 6.04 Å². The highest BCUT2D eigenvalue weighted by Gasteiger charge is 2.27. The topological polar surface area (TPSA) is 94.0 Å². The molecule has 0 radical (unpaired) electrons. The molecule has 0 spiro atoms. The first-order chi connectivity index (χ1) is 12.3. The van der Waals surface area contributed by atoms with E-state index in [0.29, 0.717) is 17.9 Å². The lowest BCUT2D eigenvalue weighted by molar-refractivity contribution is 0.685. The molecule has 3 heterocycles. The molecule has 0 bridgehead atoms. The van der Waals surface area contributed by atoms with E-state index in [1.54, 1.807) is 6.20 Å². The van der Waals surface area contributed by atoms with Gasteiger partial charge in [-0.05, 0) is 50.2 Å². The Kier molecular flexibility index (Phi) is 3.41. The van der Waals surface area contributed by atoms with Crippen molar-refractivity contribution < 1.29 is 0 Å². The number of rotatable bonds is 4. The van der Waals surface area contributed by atoms with Crippen molar-refractivity contribution >= 4 is 11.6 Å². The van der Waals surface area contributed by atoms with E-state index < -0.39 is 0 Å². The van der Waals surface area contributed by atoms with Gasteiger partial charge in [0.1, 0.15) is 0 Å². The molecule has 3 N–H and O–H groups in total. The van der Waals surface area contributed by atoms with Gasteiger partial charge in [0.05, 0.1) is 17.6 Å². The predicted octanol–water partition coefficient (Wildman–Crippen LogP) is 2.36. The van der Waals surface area contributed by atoms with Gasteiger partial charge in [0.25, 0.3) is 0 Å². The first kappa shape index (κ1) is 14.8. The fourth-order valence-electron chi connectivity index (χ4n) is 3.61. The molecule has 0 amide bonds. The number of fused-ring (bicyclic) bond motifs is 1. The third-order valence-electron chi connectivity index (χ3n) is 5.14. The summed E-state index contributed by atoms with van der Waals surface area (Å²) in [6.07, 6.45) is 11.2. The highest BCUT2D eigenvalue weighted by atomic mass is 15.2. The molecule has 2 fully saturated rings. The van der Waals surface area contributed by atoms with Crippen LogP contribution in [-0.2, 0) is 0 Å². The molecular formula is C18H21N7. The lowest BCUT2D eigenvalue weighted by atomic mass is 10.2. The predicted molar refractivity (Wildman–Crippen MR) is 95.2 cm³/mol. The monoisotopic (exact) mass is 335 g/mol. The molecule has 2 atom stereocenters. The van der Waals surface area contributed by atoms with Crippen LogP contribution in [0.1, 0.15) is 43.6 Å². The molecule has 3 aromatic heterocycles. The van der Waals surface area contributed by atoms with E-state index in [4.69, 9.17) is 10.7 Å². The number of hydrogen-bond acceptors (Lipinski definition) is 6. The maximum Gasteiger partial charge on any atom is 0.223 e. The quantitative estimate of drug-likeness (QED) is 0.760. The Morgan fingerprint density at radius 1 is 1.08 bits per heavy atom. The molecule has 0 aliphatic heterocycles. The normalized spacial score (nSPS) is 23.2. The molecule has 0 saturated heterocycles.